The summed E-state index contributed by atoms with van der Waals surface area (Å²) in [6.07, 6.45) is 0.406. The molecule has 0 spiro atoms. The number of rotatable bonds is 4. The van der Waals surface area contributed by atoms with E-state index in [-0.39, 0.29) is 28.4 Å². The van der Waals surface area contributed by atoms with Crippen LogP contribution in [0, 0.1) is 5.92 Å². The number of β-lactam (4-membered cyclic amide) rings is 1. The lowest BCUT2D eigenvalue weighted by atomic mass is 9.92. The van der Waals surface area contributed by atoms with Gasteiger partial charge in [-0.25, -0.2) is 4.79 Å². The molecule has 0 aromatic heterocycles. The summed E-state index contributed by atoms with van der Waals surface area (Å²) in [5, 5.41) is 25.9. The number of aliphatic carboxylic acids is 1. The van der Waals surface area contributed by atoms with E-state index in [4.69, 9.17) is 0 Å². The molecular formula is C14H21N3O4S2. The van der Waals surface area contributed by atoms with Crippen molar-refractivity contribution in [1.29, 1.82) is 0 Å². The molecule has 0 aromatic rings. The maximum atomic E-state index is 12.2. The summed E-state index contributed by atoms with van der Waals surface area (Å²) >= 11 is 2.92. The van der Waals surface area contributed by atoms with Crippen molar-refractivity contribution in [3.8, 4) is 0 Å². The minimum absolute atomic E-state index is 0.0807. The van der Waals surface area contributed by atoms with Crippen LogP contribution in [-0.2, 0) is 9.59 Å². The highest BCUT2D eigenvalue weighted by Crippen LogP contribution is 2.54. The van der Waals surface area contributed by atoms with Crippen molar-refractivity contribution in [1.82, 2.24) is 15.5 Å². The first-order valence-corrected chi connectivity index (χ1v) is 9.45. The van der Waals surface area contributed by atoms with Gasteiger partial charge in [-0.05, 0) is 26.8 Å². The van der Waals surface area contributed by atoms with Crippen LogP contribution in [0.25, 0.3) is 0 Å². The Balaban J connectivity index is 1.76. The maximum absolute atomic E-state index is 12.2. The molecule has 3 rings (SSSR count). The van der Waals surface area contributed by atoms with Gasteiger partial charge in [0, 0.05) is 11.8 Å². The third kappa shape index (κ3) is 3.12. The Hall–Kier alpha value is -0.740. The van der Waals surface area contributed by atoms with E-state index in [2.05, 4.69) is 17.6 Å². The summed E-state index contributed by atoms with van der Waals surface area (Å²) in [5.74, 6) is -1.88. The Morgan fingerprint density at radius 3 is 2.87 bits per heavy atom. The highest BCUT2D eigenvalue weighted by atomic mass is 32.2. The average Bonchev–Trinajstić information content (AvgIpc) is 2.63. The van der Waals surface area contributed by atoms with Crippen LogP contribution < -0.4 is 10.6 Å². The van der Waals surface area contributed by atoms with Gasteiger partial charge in [0.1, 0.15) is 5.37 Å². The molecule has 128 valence electrons. The summed E-state index contributed by atoms with van der Waals surface area (Å²) < 4.78 is 0.681. The second-order valence-corrected chi connectivity index (χ2v) is 8.73. The first-order valence-electron chi connectivity index (χ1n) is 7.69. The van der Waals surface area contributed by atoms with Crippen molar-refractivity contribution in [2.45, 2.75) is 43.2 Å². The second-order valence-electron chi connectivity index (χ2n) is 6.04. The Morgan fingerprint density at radius 2 is 2.22 bits per heavy atom. The van der Waals surface area contributed by atoms with Crippen LogP contribution in [0.15, 0.2) is 9.93 Å². The van der Waals surface area contributed by atoms with Crippen molar-refractivity contribution in [3.05, 3.63) is 9.93 Å². The highest BCUT2D eigenvalue weighted by molar-refractivity contribution is 8.23. The minimum Gasteiger partial charge on any atom is -0.477 e. The predicted molar refractivity (Wildman–Crippen MR) is 89.5 cm³/mol. The summed E-state index contributed by atoms with van der Waals surface area (Å²) in [6, 6.07) is 0. The monoisotopic (exact) mass is 359 g/mol. The van der Waals surface area contributed by atoms with E-state index in [1.165, 1.54) is 28.4 Å². The first kappa shape index (κ1) is 17.1. The fourth-order valence-electron chi connectivity index (χ4n) is 3.03. The number of carboxylic acids is 1. The van der Waals surface area contributed by atoms with E-state index in [0.29, 0.717) is 4.24 Å². The maximum Gasteiger partial charge on any atom is 0.354 e. The zero-order valence-electron chi connectivity index (χ0n) is 13.0. The highest BCUT2D eigenvalue weighted by Gasteiger charge is 2.57. The zero-order valence-corrected chi connectivity index (χ0v) is 14.6. The van der Waals surface area contributed by atoms with Crippen molar-refractivity contribution in [2.24, 2.45) is 5.92 Å². The van der Waals surface area contributed by atoms with Crippen molar-refractivity contribution in [2.75, 3.05) is 13.1 Å². The van der Waals surface area contributed by atoms with Gasteiger partial charge in [-0.15, -0.1) is 11.8 Å². The molecule has 0 radical (unpaired) electrons. The number of hydrogen-bond acceptors (Lipinski definition) is 7. The van der Waals surface area contributed by atoms with Gasteiger partial charge in [0.05, 0.1) is 22.4 Å². The van der Waals surface area contributed by atoms with Crippen LogP contribution in [0.5, 0.6) is 0 Å². The second kappa shape index (κ2) is 6.64. The molecule has 23 heavy (non-hydrogen) atoms. The summed E-state index contributed by atoms with van der Waals surface area (Å²) in [4.78, 5) is 25.1. The molecule has 1 amide bonds. The molecule has 2 saturated heterocycles. The molecule has 5 atom stereocenters. The SMILES string of the molecule is CC1NCCC(SC2=C(C(=O)O)N3C(=O)C(C(C)O)[C@@H]3S2)CN1. The quantitative estimate of drug-likeness (QED) is 0.528. The number of carbonyl (C=O) groups excluding carboxylic acids is 1. The Morgan fingerprint density at radius 1 is 1.48 bits per heavy atom. The Bertz CT molecular complexity index is 554. The lowest BCUT2D eigenvalue weighted by molar-refractivity contribution is -0.156. The molecule has 4 N–H and O–H groups in total. The van der Waals surface area contributed by atoms with Crippen LogP contribution in [0.4, 0.5) is 0 Å². The van der Waals surface area contributed by atoms with E-state index in [1.54, 1.807) is 6.92 Å². The first-order chi connectivity index (χ1) is 10.9. The molecule has 0 aromatic carbocycles. The molecule has 3 aliphatic heterocycles. The van der Waals surface area contributed by atoms with Crippen molar-refractivity contribution in [3.63, 3.8) is 0 Å². The summed E-state index contributed by atoms with van der Waals surface area (Å²) in [7, 11) is 0. The van der Waals surface area contributed by atoms with Gasteiger partial charge in [0.2, 0.25) is 5.91 Å². The molecule has 0 aliphatic carbocycles. The van der Waals surface area contributed by atoms with E-state index >= 15 is 0 Å². The van der Waals surface area contributed by atoms with Gasteiger partial charge in [-0.1, -0.05) is 11.8 Å². The number of hydrogen-bond donors (Lipinski definition) is 4. The number of carbonyl (C=O) groups is 2. The van der Waals surface area contributed by atoms with E-state index < -0.39 is 18.0 Å². The van der Waals surface area contributed by atoms with Crippen molar-refractivity contribution >= 4 is 35.4 Å². The van der Waals surface area contributed by atoms with Gasteiger partial charge in [-0.2, -0.15) is 0 Å². The van der Waals surface area contributed by atoms with Gasteiger partial charge in [0.25, 0.3) is 0 Å². The topological polar surface area (TPSA) is 102 Å². The molecule has 4 unspecified atom stereocenters. The van der Waals surface area contributed by atoms with Crippen LogP contribution in [0.1, 0.15) is 20.3 Å². The van der Waals surface area contributed by atoms with Gasteiger partial charge < -0.3 is 20.8 Å². The minimum atomic E-state index is -1.08. The Labute approximate surface area is 143 Å². The molecule has 0 saturated carbocycles. The van der Waals surface area contributed by atoms with E-state index in [0.717, 1.165) is 19.5 Å². The zero-order chi connectivity index (χ0) is 16.7. The summed E-state index contributed by atoms with van der Waals surface area (Å²) in [5.41, 5.74) is 0.0807. The average molecular weight is 359 g/mol. The third-order valence-corrected chi connectivity index (χ3v) is 7.18. The fraction of sp³-hybridized carbons (Fsp3) is 0.714. The molecule has 9 heteroatoms. The number of nitrogens with one attached hydrogen (secondary N) is 2. The number of fused-ring (bicyclic) bond motifs is 1. The van der Waals surface area contributed by atoms with Crippen LogP contribution >= 0.6 is 23.5 Å². The van der Waals surface area contributed by atoms with E-state index in [9.17, 15) is 19.8 Å². The lowest BCUT2D eigenvalue weighted by Gasteiger charge is -2.43. The number of aliphatic hydroxyl groups excluding tert-OH is 1. The number of amides is 1. The van der Waals surface area contributed by atoms with Crippen molar-refractivity contribution < 1.29 is 19.8 Å². The number of aliphatic hydroxyl groups is 1. The molecule has 3 aliphatic rings. The molecule has 3 heterocycles. The number of nitrogens with zero attached hydrogens (tertiary/aromatic N) is 1. The van der Waals surface area contributed by atoms with E-state index in [1.807, 2.05) is 0 Å². The number of thioether (sulfide) groups is 2. The number of carboxylic acid groups (broad SMARTS) is 1. The summed E-state index contributed by atoms with van der Waals surface area (Å²) in [6.45, 7) is 5.29. The fourth-order valence-corrected chi connectivity index (χ4v) is 6.29. The Kier molecular flexibility index (Phi) is 4.93. The smallest absolute Gasteiger partial charge is 0.354 e. The molecule has 7 nitrogen and oxygen atoms in total. The predicted octanol–water partition coefficient (Wildman–Crippen LogP) is 0.183. The third-order valence-electron chi connectivity index (χ3n) is 4.31. The van der Waals surface area contributed by atoms with Gasteiger partial charge in [0.15, 0.2) is 5.70 Å². The largest absolute Gasteiger partial charge is 0.477 e. The molecule has 2 fully saturated rings. The van der Waals surface area contributed by atoms with Crippen LogP contribution in [0.3, 0.4) is 0 Å². The normalized spacial score (nSPS) is 35.6. The lowest BCUT2D eigenvalue weighted by Crippen LogP contribution is -2.60. The molecular weight excluding hydrogens is 338 g/mol. The standard InChI is InChI=1S/C14H21N3O4S2/c1-6(18)9-11(19)17-10(13(20)21)14(23-12(9)17)22-8-3-4-15-7(2)16-5-8/h6-9,12,15-16,18H,3-5H2,1-2H3,(H,20,21)/t6?,7?,8?,9?,12-/m0/s1. The van der Waals surface area contributed by atoms with Gasteiger partial charge in [-0.3, -0.25) is 9.69 Å². The molecule has 0 bridgehead atoms. The van der Waals surface area contributed by atoms with Crippen LogP contribution in [0.2, 0.25) is 0 Å². The van der Waals surface area contributed by atoms with Gasteiger partial charge >= 0.3 is 5.97 Å². The van der Waals surface area contributed by atoms with Crippen LogP contribution in [-0.4, -0.2) is 63.0 Å².